The minimum Gasteiger partial charge on any atom is -0.312 e. The third kappa shape index (κ3) is 3.60. The molecule has 3 fully saturated rings. The summed E-state index contributed by atoms with van der Waals surface area (Å²) >= 11 is 0. The molecule has 0 aromatic heterocycles. The summed E-state index contributed by atoms with van der Waals surface area (Å²) in [6.07, 6.45) is 15.8. The molecule has 0 heterocycles. The summed E-state index contributed by atoms with van der Waals surface area (Å²) in [5, 5.41) is 9.64. The topological polar surface area (TPSA) is 53.1 Å². The van der Waals surface area contributed by atoms with E-state index in [2.05, 4.69) is 11.0 Å². The first-order valence-electron chi connectivity index (χ1n) is 9.19. The summed E-state index contributed by atoms with van der Waals surface area (Å²) < 4.78 is 0. The van der Waals surface area contributed by atoms with E-state index in [1.807, 2.05) is 0 Å². The Morgan fingerprint density at radius 2 is 1.33 bits per heavy atom. The van der Waals surface area contributed by atoms with Gasteiger partial charge >= 0.3 is 0 Å². The second-order valence-electron chi connectivity index (χ2n) is 7.68. The van der Waals surface area contributed by atoms with Crippen LogP contribution >= 0.6 is 0 Å². The zero-order chi connectivity index (χ0) is 14.7. The lowest BCUT2D eigenvalue weighted by molar-refractivity contribution is 0.0622. The van der Waals surface area contributed by atoms with Crippen molar-refractivity contribution in [3.63, 3.8) is 0 Å². The smallest absolute Gasteiger partial charge is 0.119 e. The highest BCUT2D eigenvalue weighted by atomic mass is 15.2. The number of nitrogens with zero attached hydrogens (tertiary/aromatic N) is 2. The summed E-state index contributed by atoms with van der Waals surface area (Å²) in [5.74, 6) is 0.456. The third-order valence-electron chi connectivity index (χ3n) is 6.05. The van der Waals surface area contributed by atoms with Crippen LogP contribution in [0.3, 0.4) is 0 Å². The zero-order valence-corrected chi connectivity index (χ0v) is 13.4. The first-order chi connectivity index (χ1) is 10.2. The van der Waals surface area contributed by atoms with Crippen molar-refractivity contribution >= 4 is 0 Å². The standard InChI is InChI=1S/C18H31N3/c19-13-18(20,15-11-12-15)14-21(16-7-3-1-4-8-16)17-9-5-2-6-10-17/h15-17H,1-12,14,20H2. The molecule has 0 aliphatic heterocycles. The Balaban J connectivity index is 1.72. The van der Waals surface area contributed by atoms with Gasteiger partial charge in [-0.15, -0.1) is 0 Å². The van der Waals surface area contributed by atoms with Crippen LogP contribution < -0.4 is 5.73 Å². The minimum absolute atomic E-state index is 0.456. The van der Waals surface area contributed by atoms with E-state index < -0.39 is 5.54 Å². The molecule has 3 aliphatic rings. The molecule has 0 spiro atoms. The molecule has 0 aromatic rings. The van der Waals surface area contributed by atoms with Gasteiger partial charge < -0.3 is 5.73 Å². The van der Waals surface area contributed by atoms with Gasteiger partial charge in [-0.2, -0.15) is 5.26 Å². The minimum atomic E-state index is -0.588. The number of rotatable bonds is 5. The molecule has 0 radical (unpaired) electrons. The van der Waals surface area contributed by atoms with Crippen molar-refractivity contribution in [3.8, 4) is 6.07 Å². The fourth-order valence-electron chi connectivity index (χ4n) is 4.54. The highest BCUT2D eigenvalue weighted by molar-refractivity contribution is 5.15. The summed E-state index contributed by atoms with van der Waals surface area (Å²) in [6.45, 7) is 0.823. The summed E-state index contributed by atoms with van der Waals surface area (Å²) in [6, 6.07) is 3.87. The van der Waals surface area contributed by atoms with Crippen LogP contribution in [0.4, 0.5) is 0 Å². The fraction of sp³-hybridized carbons (Fsp3) is 0.944. The molecule has 0 aromatic carbocycles. The average Bonchev–Trinajstić information content (AvgIpc) is 3.39. The molecule has 3 heteroatoms. The molecule has 118 valence electrons. The Bertz CT molecular complexity index is 354. The predicted molar refractivity (Wildman–Crippen MR) is 85.7 cm³/mol. The van der Waals surface area contributed by atoms with Gasteiger partial charge in [0.15, 0.2) is 0 Å². The highest BCUT2D eigenvalue weighted by Crippen LogP contribution is 2.40. The second-order valence-corrected chi connectivity index (χ2v) is 7.68. The van der Waals surface area contributed by atoms with Gasteiger partial charge in [0.25, 0.3) is 0 Å². The summed E-state index contributed by atoms with van der Waals surface area (Å²) in [5.41, 5.74) is 5.93. The Morgan fingerprint density at radius 3 is 1.71 bits per heavy atom. The first-order valence-corrected chi connectivity index (χ1v) is 9.19. The Labute approximate surface area is 129 Å². The highest BCUT2D eigenvalue weighted by Gasteiger charge is 2.45. The average molecular weight is 289 g/mol. The van der Waals surface area contributed by atoms with Crippen LogP contribution in [-0.2, 0) is 0 Å². The maximum Gasteiger partial charge on any atom is 0.119 e. The lowest BCUT2D eigenvalue weighted by atomic mass is 9.86. The third-order valence-corrected chi connectivity index (χ3v) is 6.05. The summed E-state index contributed by atoms with van der Waals surface area (Å²) in [7, 11) is 0. The molecule has 0 saturated heterocycles. The Morgan fingerprint density at radius 1 is 0.857 bits per heavy atom. The predicted octanol–water partition coefficient (Wildman–Crippen LogP) is 3.58. The van der Waals surface area contributed by atoms with Gasteiger partial charge in [-0.05, 0) is 44.4 Å². The van der Waals surface area contributed by atoms with E-state index in [0.717, 1.165) is 19.4 Å². The van der Waals surface area contributed by atoms with Gasteiger partial charge in [0.2, 0.25) is 0 Å². The van der Waals surface area contributed by atoms with Crippen molar-refractivity contribution in [2.75, 3.05) is 6.54 Å². The van der Waals surface area contributed by atoms with Crippen molar-refractivity contribution in [2.24, 2.45) is 11.7 Å². The fourth-order valence-corrected chi connectivity index (χ4v) is 4.54. The molecular weight excluding hydrogens is 258 g/mol. The quantitative estimate of drug-likeness (QED) is 0.841. The molecule has 2 N–H and O–H groups in total. The molecule has 1 atom stereocenters. The maximum absolute atomic E-state index is 9.64. The molecule has 3 aliphatic carbocycles. The van der Waals surface area contributed by atoms with Crippen LogP contribution in [-0.4, -0.2) is 29.1 Å². The Hall–Kier alpha value is -0.590. The molecule has 0 bridgehead atoms. The maximum atomic E-state index is 9.64. The van der Waals surface area contributed by atoms with E-state index in [4.69, 9.17) is 5.73 Å². The van der Waals surface area contributed by atoms with Crippen LogP contribution in [0.1, 0.15) is 77.0 Å². The second kappa shape index (κ2) is 6.67. The molecule has 21 heavy (non-hydrogen) atoms. The number of nitrogens with two attached hydrogens (primary N) is 1. The van der Waals surface area contributed by atoms with Crippen molar-refractivity contribution in [3.05, 3.63) is 0 Å². The molecule has 3 nitrogen and oxygen atoms in total. The van der Waals surface area contributed by atoms with Gasteiger partial charge in [-0.3, -0.25) is 4.90 Å². The Kier molecular flexibility index (Phi) is 4.86. The van der Waals surface area contributed by atoms with Crippen LogP contribution in [0.25, 0.3) is 0 Å². The molecule has 1 unspecified atom stereocenters. The molecule has 3 rings (SSSR count). The monoisotopic (exact) mass is 289 g/mol. The van der Waals surface area contributed by atoms with E-state index in [-0.39, 0.29) is 0 Å². The number of hydrogen-bond acceptors (Lipinski definition) is 3. The molecular formula is C18H31N3. The van der Waals surface area contributed by atoms with E-state index in [9.17, 15) is 5.26 Å². The van der Waals surface area contributed by atoms with Gasteiger partial charge in [-0.25, -0.2) is 0 Å². The van der Waals surface area contributed by atoms with E-state index in [0.29, 0.717) is 18.0 Å². The SMILES string of the molecule is N#CC(N)(CN(C1CCCCC1)C1CCCCC1)C1CC1. The number of nitriles is 1. The van der Waals surface area contributed by atoms with E-state index in [1.54, 1.807) is 0 Å². The van der Waals surface area contributed by atoms with E-state index >= 15 is 0 Å². The molecule has 0 amide bonds. The number of hydrogen-bond donors (Lipinski definition) is 1. The largest absolute Gasteiger partial charge is 0.312 e. The van der Waals surface area contributed by atoms with Gasteiger partial charge in [0, 0.05) is 18.6 Å². The van der Waals surface area contributed by atoms with Crippen LogP contribution in [0.15, 0.2) is 0 Å². The van der Waals surface area contributed by atoms with Crippen molar-refractivity contribution in [2.45, 2.75) is 94.7 Å². The van der Waals surface area contributed by atoms with E-state index in [1.165, 1.54) is 64.2 Å². The van der Waals surface area contributed by atoms with Crippen molar-refractivity contribution in [1.82, 2.24) is 4.90 Å². The van der Waals surface area contributed by atoms with Crippen molar-refractivity contribution < 1.29 is 0 Å². The zero-order valence-electron chi connectivity index (χ0n) is 13.4. The lowest BCUT2D eigenvalue weighted by Crippen LogP contribution is -2.57. The van der Waals surface area contributed by atoms with Crippen molar-refractivity contribution in [1.29, 1.82) is 5.26 Å². The van der Waals surface area contributed by atoms with Gasteiger partial charge in [0.05, 0.1) is 6.07 Å². The normalized spacial score (nSPS) is 28.2. The summed E-state index contributed by atoms with van der Waals surface area (Å²) in [4.78, 5) is 2.69. The first kappa shape index (κ1) is 15.3. The van der Waals surface area contributed by atoms with Crippen LogP contribution in [0, 0.1) is 17.2 Å². The lowest BCUT2D eigenvalue weighted by Gasteiger charge is -2.44. The molecule has 3 saturated carbocycles. The van der Waals surface area contributed by atoms with Gasteiger partial charge in [-0.1, -0.05) is 38.5 Å². The van der Waals surface area contributed by atoms with Crippen LogP contribution in [0.5, 0.6) is 0 Å². The van der Waals surface area contributed by atoms with Crippen LogP contribution in [0.2, 0.25) is 0 Å². The van der Waals surface area contributed by atoms with Gasteiger partial charge in [0.1, 0.15) is 5.54 Å².